The van der Waals surface area contributed by atoms with Gasteiger partial charge in [0.05, 0.1) is 69.6 Å². The number of hydrogen-bond donors (Lipinski definition) is 1. The second-order valence-corrected chi connectivity index (χ2v) is 25.5. The van der Waals surface area contributed by atoms with Crippen molar-refractivity contribution >= 4 is 80.7 Å². The molecule has 0 spiro atoms. The third-order valence-electron chi connectivity index (χ3n) is 15.1. The van der Waals surface area contributed by atoms with E-state index in [1.54, 1.807) is 11.8 Å². The highest BCUT2D eigenvalue weighted by Gasteiger charge is 2.59. The normalized spacial score (nSPS) is 21.5. The minimum absolute atomic E-state index is 0.313. The minimum Gasteiger partial charge on any atom is -0.380 e. The summed E-state index contributed by atoms with van der Waals surface area (Å²) in [6.07, 6.45) is 7.60. The van der Waals surface area contributed by atoms with E-state index in [9.17, 15) is 4.79 Å². The van der Waals surface area contributed by atoms with E-state index in [1.807, 2.05) is 188 Å². The SMILES string of the molecule is CSc1nc(SC)c2ncc(C3O[C@H](COCc4ccccc4)[C@@H](OCc4ccccc4)[C@@]3(C)OCc3ccccc3)n2n1.CSc1nnc(N)c(SC)n1.C[C@@]1(OCc2ccccc2)C(C(Br)C=O)O[C@H](COCc2ccccc2)[C@H]1OCc1ccccc1. The minimum atomic E-state index is -0.911. The van der Waals surface area contributed by atoms with Crippen LogP contribution in [0.1, 0.15) is 59.0 Å². The lowest BCUT2D eigenvalue weighted by Crippen LogP contribution is -2.52. The van der Waals surface area contributed by atoms with Gasteiger partial charge in [0.25, 0.3) is 0 Å². The molecule has 90 heavy (non-hydrogen) atoms. The lowest BCUT2D eigenvalue weighted by atomic mass is 9.90. The van der Waals surface area contributed by atoms with Gasteiger partial charge in [-0.2, -0.15) is 0 Å². The quantitative estimate of drug-likeness (QED) is 0.0289. The Bertz CT molecular complexity index is 3590. The largest absolute Gasteiger partial charge is 0.380 e. The molecule has 2 fully saturated rings. The number of anilines is 1. The molecule has 3 unspecified atom stereocenters. The molecule has 11 rings (SSSR count). The predicted octanol–water partition coefficient (Wildman–Crippen LogP) is 13.2. The zero-order valence-electron chi connectivity index (χ0n) is 51.1. The van der Waals surface area contributed by atoms with Crippen molar-refractivity contribution in [1.82, 2.24) is 34.8 Å². The lowest BCUT2D eigenvalue weighted by molar-refractivity contribution is -0.148. The van der Waals surface area contributed by atoms with Crippen LogP contribution in [0.25, 0.3) is 5.65 Å². The van der Waals surface area contributed by atoms with Gasteiger partial charge in [0.2, 0.25) is 10.3 Å². The van der Waals surface area contributed by atoms with Crippen molar-refractivity contribution in [2.45, 2.75) is 127 Å². The van der Waals surface area contributed by atoms with Gasteiger partial charge in [0, 0.05) is 0 Å². The van der Waals surface area contributed by atoms with Crippen LogP contribution in [0.3, 0.4) is 0 Å². The van der Waals surface area contributed by atoms with Gasteiger partial charge in [-0.25, -0.2) is 19.5 Å². The molecule has 472 valence electrons. The van der Waals surface area contributed by atoms with Crippen molar-refractivity contribution in [2.75, 3.05) is 44.0 Å². The number of fused-ring (bicyclic) bond motifs is 1. The van der Waals surface area contributed by atoms with Crippen LogP contribution in [0.5, 0.6) is 0 Å². The topological polar surface area (TPSA) is 199 Å². The van der Waals surface area contributed by atoms with E-state index < -0.39 is 52.7 Å². The Kier molecular flexibility index (Phi) is 26.2. The first-order chi connectivity index (χ1) is 44.0. The molecule has 2 aliphatic heterocycles. The molecule has 9 atom stereocenters. The highest BCUT2D eigenvalue weighted by molar-refractivity contribution is 9.10. The molecule has 0 amide bonds. The summed E-state index contributed by atoms with van der Waals surface area (Å²) in [6.45, 7) is 7.17. The van der Waals surface area contributed by atoms with Gasteiger partial charge in [-0.3, -0.25) is 0 Å². The molecule has 2 aliphatic rings. The average molecular weight is 1360 g/mol. The molecule has 9 aromatic rings. The monoisotopic (exact) mass is 1350 g/mol. The lowest BCUT2D eigenvalue weighted by Gasteiger charge is -2.36. The summed E-state index contributed by atoms with van der Waals surface area (Å²) in [6, 6.07) is 60.4. The number of carbonyl (C=O) groups is 1. The number of nitrogens with two attached hydrogens (primary N) is 1. The van der Waals surface area contributed by atoms with Crippen molar-refractivity contribution in [2.24, 2.45) is 0 Å². The number of benzene rings is 6. The summed E-state index contributed by atoms with van der Waals surface area (Å²) in [7, 11) is 0. The Labute approximate surface area is 552 Å². The molecule has 2 saturated heterocycles. The molecule has 3 aromatic heterocycles. The van der Waals surface area contributed by atoms with Crippen molar-refractivity contribution in [3.63, 3.8) is 0 Å². The number of carbonyl (C=O) groups excluding carboxylic acids is 1. The van der Waals surface area contributed by atoms with Crippen molar-refractivity contribution in [1.29, 1.82) is 0 Å². The summed E-state index contributed by atoms with van der Waals surface area (Å²) < 4.78 is 54.0. The van der Waals surface area contributed by atoms with Crippen LogP contribution in [-0.4, -0.2) is 126 Å². The Morgan fingerprint density at radius 3 is 1.40 bits per heavy atom. The maximum atomic E-state index is 11.8. The number of aromatic nitrogens is 7. The number of hydrogen-bond acceptors (Lipinski definition) is 20. The van der Waals surface area contributed by atoms with Crippen LogP contribution >= 0.6 is 63.0 Å². The van der Waals surface area contributed by atoms with Crippen LogP contribution in [-0.2, 0) is 82.3 Å². The molecular formula is C68H75BrN8O9S4. The number of aldehydes is 1. The average Bonchev–Trinajstić information content (AvgIpc) is 1.61. The first kappa shape index (κ1) is 68.3. The van der Waals surface area contributed by atoms with E-state index in [2.05, 4.69) is 79.4 Å². The van der Waals surface area contributed by atoms with Gasteiger partial charge >= 0.3 is 0 Å². The Morgan fingerprint density at radius 2 is 0.956 bits per heavy atom. The van der Waals surface area contributed by atoms with Gasteiger partial charge in [0.1, 0.15) is 64.2 Å². The fraction of sp³-hybridized carbons (Fsp3) is 0.338. The molecule has 17 nitrogen and oxygen atoms in total. The molecule has 2 N–H and O–H groups in total. The summed E-state index contributed by atoms with van der Waals surface area (Å²) in [5.41, 5.74) is 11.6. The first-order valence-electron chi connectivity index (χ1n) is 29.2. The van der Waals surface area contributed by atoms with Crippen LogP contribution in [0.15, 0.2) is 209 Å². The predicted molar refractivity (Wildman–Crippen MR) is 359 cm³/mol. The number of nitrogen functional groups attached to an aromatic ring is 1. The maximum absolute atomic E-state index is 11.8. The molecule has 0 saturated carbocycles. The molecular weight excluding hydrogens is 1280 g/mol. The van der Waals surface area contributed by atoms with Gasteiger partial charge < -0.3 is 48.4 Å². The Morgan fingerprint density at radius 1 is 0.544 bits per heavy atom. The molecule has 0 aliphatic carbocycles. The third-order valence-corrected chi connectivity index (χ3v) is 18.2. The van der Waals surface area contributed by atoms with Crippen molar-refractivity contribution < 1.29 is 42.7 Å². The number of halogens is 1. The molecule has 0 bridgehead atoms. The standard InChI is InChI=1S/C34H36N4O4S2.C29H31BrO5.C5H8N4S2/c1-34(41-22-26-17-11-6-12-18-26)29(27-19-35-31-32(43-2)36-33(44-3)37-38(27)31)42-28(23-39-20-24-13-7-4-8-14-24)30(34)40-21-25-15-9-5-10-16-25;1-29(34-20-24-15-9-4-10-16-24)27(25(30)17-31)35-26(21-32-18-22-11-5-2-6-12-22)28(29)33-19-23-13-7-3-8-14-23;1-10-4-3(6)8-9-5(7-4)11-2/h4-19,28-30H,20-23H2,1-3H3;2-17,25-28H,18-21H2,1H3;1-2H3,(H2,6,8)/t28-,29?,30-,34+;25?,26-,27?,28-,29-;/m11./s1. The van der Waals surface area contributed by atoms with E-state index in [-0.39, 0.29) is 0 Å². The van der Waals surface area contributed by atoms with Crippen molar-refractivity contribution in [3.05, 3.63) is 227 Å². The Balaban J connectivity index is 0.000000186. The van der Waals surface area contributed by atoms with Crippen LogP contribution in [0.2, 0.25) is 0 Å². The van der Waals surface area contributed by atoms with Crippen LogP contribution in [0, 0.1) is 0 Å². The fourth-order valence-corrected chi connectivity index (χ4v) is 12.8. The summed E-state index contributed by atoms with van der Waals surface area (Å²) >= 11 is 9.45. The second-order valence-electron chi connectivity index (χ2n) is 21.3. The maximum Gasteiger partial charge on any atom is 0.210 e. The van der Waals surface area contributed by atoms with E-state index >= 15 is 0 Å². The number of ether oxygens (including phenoxy) is 8. The first-order valence-corrected chi connectivity index (χ1v) is 35.0. The van der Waals surface area contributed by atoms with E-state index in [0.29, 0.717) is 74.6 Å². The summed E-state index contributed by atoms with van der Waals surface area (Å²) in [5.74, 6) is 0.398. The number of thioether (sulfide) groups is 4. The highest BCUT2D eigenvalue weighted by atomic mass is 79.9. The number of nitrogens with zero attached hydrogens (tertiary/aromatic N) is 7. The molecule has 22 heteroatoms. The number of imidazole rings is 1. The summed E-state index contributed by atoms with van der Waals surface area (Å²) in [4.78, 5) is 24.8. The Hall–Kier alpha value is -6.09. The molecule has 5 heterocycles. The van der Waals surface area contributed by atoms with Gasteiger partial charge in [0.15, 0.2) is 11.5 Å². The number of rotatable bonds is 27. The van der Waals surface area contributed by atoms with Gasteiger partial charge in [-0.15, -0.1) is 38.8 Å². The van der Waals surface area contributed by atoms with Gasteiger partial charge in [-0.05, 0) is 72.3 Å². The smallest absolute Gasteiger partial charge is 0.210 e. The van der Waals surface area contributed by atoms with E-state index in [4.69, 9.17) is 53.7 Å². The highest BCUT2D eigenvalue weighted by Crippen LogP contribution is 2.47. The fourth-order valence-electron chi connectivity index (χ4n) is 10.5. The zero-order chi connectivity index (χ0) is 63.1. The third kappa shape index (κ3) is 18.1. The van der Waals surface area contributed by atoms with Crippen LogP contribution < -0.4 is 5.73 Å². The summed E-state index contributed by atoms with van der Waals surface area (Å²) in [5, 5.41) is 15.2. The van der Waals surface area contributed by atoms with Crippen molar-refractivity contribution in [3.8, 4) is 0 Å². The zero-order valence-corrected chi connectivity index (χ0v) is 55.9. The molecule has 0 radical (unpaired) electrons. The number of alkyl halides is 1. The molecule has 6 aromatic carbocycles. The van der Waals surface area contributed by atoms with E-state index in [0.717, 1.165) is 55.4 Å². The van der Waals surface area contributed by atoms with Crippen LogP contribution in [0.4, 0.5) is 5.82 Å². The van der Waals surface area contributed by atoms with Gasteiger partial charge in [-0.1, -0.05) is 221 Å². The van der Waals surface area contributed by atoms with E-state index in [1.165, 1.54) is 35.3 Å². The second kappa shape index (κ2) is 34.5.